The van der Waals surface area contributed by atoms with E-state index in [1.807, 2.05) is 18.2 Å². The van der Waals surface area contributed by atoms with Gasteiger partial charge >= 0.3 is 0 Å². The van der Waals surface area contributed by atoms with Gasteiger partial charge in [0.15, 0.2) is 0 Å². The first-order valence-electron chi connectivity index (χ1n) is 7.10. The van der Waals surface area contributed by atoms with Crippen molar-refractivity contribution in [3.63, 3.8) is 0 Å². The summed E-state index contributed by atoms with van der Waals surface area (Å²) in [6.07, 6.45) is 6.40. The molecule has 1 aromatic rings. The van der Waals surface area contributed by atoms with Gasteiger partial charge in [0, 0.05) is 17.8 Å². The number of benzene rings is 1. The topological polar surface area (TPSA) is 21.3 Å². The molecule has 1 atom stereocenters. The van der Waals surface area contributed by atoms with Gasteiger partial charge in [0.2, 0.25) is 0 Å². The Balaban J connectivity index is 2.01. The molecule has 0 bridgehead atoms. The molecule has 106 valence electrons. The molecule has 1 N–H and O–H groups in total. The van der Waals surface area contributed by atoms with Crippen LogP contribution < -0.4 is 10.1 Å². The summed E-state index contributed by atoms with van der Waals surface area (Å²) in [6.45, 7) is 4.75. The molecule has 1 unspecified atom stereocenters. The van der Waals surface area contributed by atoms with Gasteiger partial charge in [-0.1, -0.05) is 31.9 Å². The number of nitrogens with one attached hydrogen (secondary N) is 1. The van der Waals surface area contributed by atoms with Crippen LogP contribution in [0.4, 0.5) is 5.69 Å². The summed E-state index contributed by atoms with van der Waals surface area (Å²) >= 11 is 6.05. The molecular weight excluding hydrogens is 258 g/mol. The number of rotatable bonds is 3. The van der Waals surface area contributed by atoms with E-state index >= 15 is 0 Å². The minimum absolute atomic E-state index is 0.494. The molecule has 0 aromatic heterocycles. The van der Waals surface area contributed by atoms with Gasteiger partial charge in [0.1, 0.15) is 5.75 Å². The molecule has 0 radical (unpaired) electrons. The largest absolute Gasteiger partial charge is 0.495 e. The highest BCUT2D eigenvalue weighted by Gasteiger charge is 2.24. The minimum Gasteiger partial charge on any atom is -0.495 e. The van der Waals surface area contributed by atoms with Crippen molar-refractivity contribution in [2.75, 3.05) is 12.4 Å². The van der Waals surface area contributed by atoms with E-state index in [1.54, 1.807) is 7.11 Å². The minimum atomic E-state index is 0.494. The lowest BCUT2D eigenvalue weighted by molar-refractivity contribution is 0.313. The predicted octanol–water partition coefficient (Wildman–Crippen LogP) is 5.12. The summed E-state index contributed by atoms with van der Waals surface area (Å²) in [6, 6.07) is 6.47. The maximum atomic E-state index is 6.05. The third-order valence-electron chi connectivity index (χ3n) is 4.10. The van der Waals surface area contributed by atoms with Crippen LogP contribution in [-0.2, 0) is 0 Å². The molecule has 0 aliphatic heterocycles. The molecule has 2 nitrogen and oxygen atoms in total. The van der Waals surface area contributed by atoms with Gasteiger partial charge in [-0.25, -0.2) is 0 Å². The van der Waals surface area contributed by atoms with Crippen molar-refractivity contribution >= 4 is 17.3 Å². The van der Waals surface area contributed by atoms with Crippen LogP contribution in [-0.4, -0.2) is 13.2 Å². The highest BCUT2D eigenvalue weighted by atomic mass is 35.5. The molecule has 2 rings (SSSR count). The SMILES string of the molecule is COc1cc(NC2CCCC(C)(C)CC2)ccc1Cl. The molecule has 1 aliphatic rings. The van der Waals surface area contributed by atoms with Crippen LogP contribution >= 0.6 is 11.6 Å². The average molecular weight is 282 g/mol. The van der Waals surface area contributed by atoms with E-state index < -0.39 is 0 Å². The summed E-state index contributed by atoms with van der Waals surface area (Å²) < 4.78 is 5.26. The van der Waals surface area contributed by atoms with Crippen molar-refractivity contribution in [3.8, 4) is 5.75 Å². The second-order valence-corrected chi connectivity index (χ2v) is 6.69. The molecule has 0 saturated heterocycles. The molecule has 1 aliphatic carbocycles. The standard InChI is InChI=1S/C16H24ClNO/c1-16(2)9-4-5-12(8-10-16)18-13-6-7-14(17)15(11-13)19-3/h6-7,11-12,18H,4-5,8-10H2,1-3H3. The van der Waals surface area contributed by atoms with Gasteiger partial charge in [0.05, 0.1) is 12.1 Å². The second kappa shape index (κ2) is 6.04. The maximum Gasteiger partial charge on any atom is 0.139 e. The second-order valence-electron chi connectivity index (χ2n) is 6.29. The lowest BCUT2D eigenvalue weighted by Crippen LogP contribution is -2.19. The first kappa shape index (κ1) is 14.5. The van der Waals surface area contributed by atoms with E-state index in [1.165, 1.54) is 32.1 Å². The summed E-state index contributed by atoms with van der Waals surface area (Å²) in [4.78, 5) is 0. The highest BCUT2D eigenvalue weighted by molar-refractivity contribution is 6.32. The lowest BCUT2D eigenvalue weighted by Gasteiger charge is -2.22. The van der Waals surface area contributed by atoms with Crippen LogP contribution in [0.25, 0.3) is 0 Å². The van der Waals surface area contributed by atoms with Crippen molar-refractivity contribution in [2.45, 2.75) is 52.0 Å². The van der Waals surface area contributed by atoms with Crippen molar-refractivity contribution in [1.82, 2.24) is 0 Å². The molecule has 3 heteroatoms. The smallest absolute Gasteiger partial charge is 0.139 e. The zero-order valence-electron chi connectivity index (χ0n) is 12.1. The normalized spacial score (nSPS) is 22.6. The average Bonchev–Trinajstić information content (AvgIpc) is 2.53. The fraction of sp³-hybridized carbons (Fsp3) is 0.625. The molecule has 0 heterocycles. The van der Waals surface area contributed by atoms with Crippen LogP contribution in [0.5, 0.6) is 5.75 Å². The summed E-state index contributed by atoms with van der Waals surface area (Å²) in [7, 11) is 1.65. The Labute approximate surface area is 121 Å². The van der Waals surface area contributed by atoms with Crippen LogP contribution in [0.1, 0.15) is 46.0 Å². The Morgan fingerprint density at radius 3 is 2.79 bits per heavy atom. The summed E-state index contributed by atoms with van der Waals surface area (Å²) in [5.74, 6) is 0.737. The third kappa shape index (κ3) is 4.04. The maximum absolute atomic E-state index is 6.05. The van der Waals surface area contributed by atoms with E-state index in [0.29, 0.717) is 16.5 Å². The first-order chi connectivity index (χ1) is 9.00. The Kier molecular flexibility index (Phi) is 4.62. The molecule has 1 aromatic carbocycles. The number of ether oxygens (including phenoxy) is 1. The predicted molar refractivity (Wildman–Crippen MR) is 82.3 cm³/mol. The number of halogens is 1. The number of hydrogen-bond donors (Lipinski definition) is 1. The Hall–Kier alpha value is -0.890. The zero-order chi connectivity index (χ0) is 13.9. The van der Waals surface area contributed by atoms with E-state index in [-0.39, 0.29) is 0 Å². The summed E-state index contributed by atoms with van der Waals surface area (Å²) in [5, 5.41) is 4.28. The number of anilines is 1. The van der Waals surface area contributed by atoms with Gasteiger partial charge in [0.25, 0.3) is 0 Å². The molecule has 1 saturated carbocycles. The quantitative estimate of drug-likeness (QED) is 0.777. The van der Waals surface area contributed by atoms with Crippen molar-refractivity contribution in [3.05, 3.63) is 23.2 Å². The molecule has 0 amide bonds. The fourth-order valence-electron chi connectivity index (χ4n) is 2.79. The van der Waals surface area contributed by atoms with E-state index in [9.17, 15) is 0 Å². The van der Waals surface area contributed by atoms with E-state index in [0.717, 1.165) is 11.4 Å². The Morgan fingerprint density at radius 2 is 2.05 bits per heavy atom. The van der Waals surface area contributed by atoms with Crippen LogP contribution in [0, 0.1) is 5.41 Å². The van der Waals surface area contributed by atoms with Crippen molar-refractivity contribution in [2.24, 2.45) is 5.41 Å². The van der Waals surface area contributed by atoms with Gasteiger partial charge in [-0.3, -0.25) is 0 Å². The molecule has 0 spiro atoms. The van der Waals surface area contributed by atoms with Crippen LogP contribution in [0.2, 0.25) is 5.02 Å². The number of hydrogen-bond acceptors (Lipinski definition) is 2. The summed E-state index contributed by atoms with van der Waals surface area (Å²) in [5.41, 5.74) is 1.60. The van der Waals surface area contributed by atoms with Gasteiger partial charge < -0.3 is 10.1 Å². The first-order valence-corrected chi connectivity index (χ1v) is 7.48. The van der Waals surface area contributed by atoms with Crippen molar-refractivity contribution in [1.29, 1.82) is 0 Å². The third-order valence-corrected chi connectivity index (χ3v) is 4.41. The zero-order valence-corrected chi connectivity index (χ0v) is 12.9. The molecular formula is C16H24ClNO. The van der Waals surface area contributed by atoms with Crippen LogP contribution in [0.3, 0.4) is 0 Å². The van der Waals surface area contributed by atoms with Gasteiger partial charge in [-0.05, 0) is 43.2 Å². The highest BCUT2D eigenvalue weighted by Crippen LogP contribution is 2.35. The lowest BCUT2D eigenvalue weighted by atomic mass is 9.85. The van der Waals surface area contributed by atoms with Gasteiger partial charge in [-0.15, -0.1) is 0 Å². The molecule has 1 fully saturated rings. The van der Waals surface area contributed by atoms with Gasteiger partial charge in [-0.2, -0.15) is 0 Å². The Bertz CT molecular complexity index is 431. The van der Waals surface area contributed by atoms with E-state index in [2.05, 4.69) is 19.2 Å². The van der Waals surface area contributed by atoms with E-state index in [4.69, 9.17) is 16.3 Å². The van der Waals surface area contributed by atoms with Crippen molar-refractivity contribution < 1.29 is 4.74 Å². The fourth-order valence-corrected chi connectivity index (χ4v) is 2.99. The molecule has 19 heavy (non-hydrogen) atoms. The Morgan fingerprint density at radius 1 is 1.26 bits per heavy atom. The monoisotopic (exact) mass is 281 g/mol. The van der Waals surface area contributed by atoms with Crippen LogP contribution in [0.15, 0.2) is 18.2 Å². The number of methoxy groups -OCH3 is 1.